The van der Waals surface area contributed by atoms with Crippen molar-refractivity contribution in [3.8, 4) is 0 Å². The van der Waals surface area contributed by atoms with Gasteiger partial charge in [0.15, 0.2) is 0 Å². The maximum absolute atomic E-state index is 6.08. The molecule has 1 aliphatic heterocycles. The summed E-state index contributed by atoms with van der Waals surface area (Å²) in [5.41, 5.74) is 8.73. The van der Waals surface area contributed by atoms with E-state index in [4.69, 9.17) is 17.3 Å². The minimum Gasteiger partial charge on any atom is -0.385 e. The highest BCUT2D eigenvalue weighted by atomic mass is 35.5. The van der Waals surface area contributed by atoms with E-state index < -0.39 is 0 Å². The number of halogens is 1. The van der Waals surface area contributed by atoms with Gasteiger partial charge in [-0.3, -0.25) is 0 Å². The predicted octanol–water partition coefficient (Wildman–Crippen LogP) is 2.75. The summed E-state index contributed by atoms with van der Waals surface area (Å²) in [5, 5.41) is 8.84. The molecular weight excluding hydrogens is 222 g/mol. The molecule has 4 heteroatoms. The number of nitrogens with zero attached hydrogens (tertiary/aromatic N) is 2. The Kier molecular flexibility index (Phi) is 2.97. The molecule has 3 nitrogen and oxygen atoms in total. The van der Waals surface area contributed by atoms with E-state index in [0.717, 1.165) is 28.3 Å². The first-order valence-electron chi connectivity index (χ1n) is 5.24. The number of hydrogen-bond acceptors (Lipinski definition) is 3. The van der Waals surface area contributed by atoms with Crippen molar-refractivity contribution in [2.45, 2.75) is 20.3 Å². The lowest BCUT2D eigenvalue weighted by Gasteiger charge is -2.16. The first-order valence-corrected chi connectivity index (χ1v) is 5.62. The van der Waals surface area contributed by atoms with Crippen molar-refractivity contribution in [1.82, 2.24) is 0 Å². The van der Waals surface area contributed by atoms with Gasteiger partial charge in [0, 0.05) is 17.4 Å². The zero-order chi connectivity index (χ0) is 11.7. The SMILES string of the molecule is Cc1ccc(C2=NN=C(N)C(C)C2)cc1Cl. The quantitative estimate of drug-likeness (QED) is 0.800. The average Bonchev–Trinajstić information content (AvgIpc) is 2.26. The fourth-order valence-corrected chi connectivity index (χ4v) is 1.78. The second-order valence-electron chi connectivity index (χ2n) is 4.14. The van der Waals surface area contributed by atoms with Crippen LogP contribution in [-0.4, -0.2) is 11.5 Å². The van der Waals surface area contributed by atoms with Crippen molar-refractivity contribution in [2.24, 2.45) is 21.9 Å². The van der Waals surface area contributed by atoms with Crippen molar-refractivity contribution in [1.29, 1.82) is 0 Å². The highest BCUT2D eigenvalue weighted by Crippen LogP contribution is 2.21. The molecule has 2 N–H and O–H groups in total. The Hall–Kier alpha value is -1.35. The third kappa shape index (κ3) is 2.09. The van der Waals surface area contributed by atoms with Gasteiger partial charge in [0.25, 0.3) is 0 Å². The molecule has 0 saturated heterocycles. The van der Waals surface area contributed by atoms with Gasteiger partial charge >= 0.3 is 0 Å². The third-order valence-corrected chi connectivity index (χ3v) is 3.20. The minimum atomic E-state index is 0.243. The van der Waals surface area contributed by atoms with E-state index in [2.05, 4.69) is 10.2 Å². The fourth-order valence-electron chi connectivity index (χ4n) is 1.60. The Morgan fingerprint density at radius 3 is 2.75 bits per heavy atom. The molecule has 1 unspecified atom stereocenters. The molecule has 16 heavy (non-hydrogen) atoms. The summed E-state index contributed by atoms with van der Waals surface area (Å²) in [6.07, 6.45) is 0.814. The van der Waals surface area contributed by atoms with Gasteiger partial charge in [-0.25, -0.2) is 0 Å². The molecule has 0 bridgehead atoms. The van der Waals surface area contributed by atoms with Gasteiger partial charge < -0.3 is 5.73 Å². The zero-order valence-corrected chi connectivity index (χ0v) is 10.1. The van der Waals surface area contributed by atoms with Crippen LogP contribution in [0.1, 0.15) is 24.5 Å². The summed E-state index contributed by atoms with van der Waals surface area (Å²) in [7, 11) is 0. The van der Waals surface area contributed by atoms with Crippen LogP contribution in [0.2, 0.25) is 5.02 Å². The summed E-state index contributed by atoms with van der Waals surface area (Å²) in [6.45, 7) is 4.02. The van der Waals surface area contributed by atoms with Gasteiger partial charge in [0.05, 0.1) is 5.71 Å². The second-order valence-corrected chi connectivity index (χ2v) is 4.55. The van der Waals surface area contributed by atoms with Crippen LogP contribution in [0.5, 0.6) is 0 Å². The van der Waals surface area contributed by atoms with Crippen LogP contribution in [-0.2, 0) is 0 Å². The number of aryl methyl sites for hydroxylation is 1. The van der Waals surface area contributed by atoms with Crippen LogP contribution in [0, 0.1) is 12.8 Å². The lowest BCUT2D eigenvalue weighted by Crippen LogP contribution is -2.26. The Balaban J connectivity index is 2.35. The molecule has 1 aromatic carbocycles. The van der Waals surface area contributed by atoms with E-state index in [1.54, 1.807) is 0 Å². The van der Waals surface area contributed by atoms with E-state index >= 15 is 0 Å². The molecule has 0 saturated carbocycles. The topological polar surface area (TPSA) is 50.7 Å². The van der Waals surface area contributed by atoms with Crippen LogP contribution in [0.25, 0.3) is 0 Å². The molecule has 2 rings (SSSR count). The number of rotatable bonds is 1. The van der Waals surface area contributed by atoms with Gasteiger partial charge in [-0.15, -0.1) is 5.10 Å². The van der Waals surface area contributed by atoms with Gasteiger partial charge in [-0.05, 0) is 24.1 Å². The maximum Gasteiger partial charge on any atom is 0.125 e. The molecule has 84 valence electrons. The zero-order valence-electron chi connectivity index (χ0n) is 9.37. The first-order chi connectivity index (χ1) is 7.58. The highest BCUT2D eigenvalue weighted by molar-refractivity contribution is 6.31. The Bertz CT molecular complexity index is 477. The van der Waals surface area contributed by atoms with Crippen LogP contribution < -0.4 is 5.73 Å². The van der Waals surface area contributed by atoms with Gasteiger partial charge in [0.2, 0.25) is 0 Å². The molecule has 1 aromatic rings. The third-order valence-electron chi connectivity index (χ3n) is 2.80. The lowest BCUT2D eigenvalue weighted by atomic mass is 9.97. The number of amidine groups is 1. The molecule has 1 heterocycles. The monoisotopic (exact) mass is 235 g/mol. The highest BCUT2D eigenvalue weighted by Gasteiger charge is 2.17. The molecule has 0 aliphatic carbocycles. The van der Waals surface area contributed by atoms with Crippen molar-refractivity contribution in [3.05, 3.63) is 34.3 Å². The van der Waals surface area contributed by atoms with E-state index in [-0.39, 0.29) is 5.92 Å². The van der Waals surface area contributed by atoms with Crippen molar-refractivity contribution >= 4 is 23.1 Å². The van der Waals surface area contributed by atoms with E-state index in [1.807, 2.05) is 32.0 Å². The summed E-state index contributed by atoms with van der Waals surface area (Å²) in [5.74, 6) is 0.842. The molecular formula is C12H14ClN3. The maximum atomic E-state index is 6.08. The number of benzene rings is 1. The molecule has 0 aromatic heterocycles. The molecule has 0 amide bonds. The predicted molar refractivity (Wildman–Crippen MR) is 68.1 cm³/mol. The largest absolute Gasteiger partial charge is 0.385 e. The Labute approximate surface area is 100 Å². The summed E-state index contributed by atoms with van der Waals surface area (Å²) < 4.78 is 0. The summed E-state index contributed by atoms with van der Waals surface area (Å²) in [6, 6.07) is 5.94. The van der Waals surface area contributed by atoms with Crippen LogP contribution >= 0.6 is 11.6 Å². The van der Waals surface area contributed by atoms with Crippen molar-refractivity contribution < 1.29 is 0 Å². The second kappa shape index (κ2) is 4.26. The van der Waals surface area contributed by atoms with Crippen LogP contribution in [0.4, 0.5) is 0 Å². The molecule has 0 fully saturated rings. The van der Waals surface area contributed by atoms with Crippen molar-refractivity contribution in [2.75, 3.05) is 0 Å². The first kappa shape index (κ1) is 11.1. The molecule has 1 aliphatic rings. The van der Waals surface area contributed by atoms with E-state index in [9.17, 15) is 0 Å². The Morgan fingerprint density at radius 2 is 2.12 bits per heavy atom. The van der Waals surface area contributed by atoms with Crippen LogP contribution in [0.15, 0.2) is 28.4 Å². The summed E-state index contributed by atoms with van der Waals surface area (Å²) in [4.78, 5) is 0. The lowest BCUT2D eigenvalue weighted by molar-refractivity contribution is 0.779. The van der Waals surface area contributed by atoms with Gasteiger partial charge in [-0.2, -0.15) is 5.10 Å². The van der Waals surface area contributed by atoms with E-state index in [0.29, 0.717) is 5.84 Å². The smallest absolute Gasteiger partial charge is 0.125 e. The van der Waals surface area contributed by atoms with E-state index in [1.165, 1.54) is 0 Å². The number of hydrogen-bond donors (Lipinski definition) is 1. The van der Waals surface area contributed by atoms with Crippen molar-refractivity contribution in [3.63, 3.8) is 0 Å². The standard InChI is InChI=1S/C12H14ClN3/c1-7-3-4-9(6-10(7)13)11-5-8(2)12(14)16-15-11/h3-4,6,8H,5H2,1-2H3,(H2,14,16). The molecule has 1 atom stereocenters. The fraction of sp³-hybridized carbons (Fsp3) is 0.333. The van der Waals surface area contributed by atoms with Crippen LogP contribution in [0.3, 0.4) is 0 Å². The van der Waals surface area contributed by atoms with Gasteiger partial charge in [0.1, 0.15) is 5.84 Å². The average molecular weight is 236 g/mol. The molecule has 0 spiro atoms. The number of nitrogens with two attached hydrogens (primary N) is 1. The minimum absolute atomic E-state index is 0.243. The normalized spacial score (nSPS) is 20.3. The summed E-state index contributed by atoms with van der Waals surface area (Å²) >= 11 is 6.08. The molecule has 0 radical (unpaired) electrons. The Morgan fingerprint density at radius 1 is 1.38 bits per heavy atom. The van der Waals surface area contributed by atoms with Gasteiger partial charge in [-0.1, -0.05) is 30.7 Å².